The first kappa shape index (κ1) is 16.2. The Balaban J connectivity index is 4.35. The smallest absolute Gasteiger partial charge is 0.410 e. The fourth-order valence-electron chi connectivity index (χ4n) is 1.17. The minimum atomic E-state index is -0.486. The van der Waals surface area contributed by atoms with Gasteiger partial charge in [0, 0.05) is 20.1 Å². The molecule has 5 nitrogen and oxygen atoms in total. The quantitative estimate of drug-likeness (QED) is 0.716. The molecular weight excluding hydrogens is 220 g/mol. The van der Waals surface area contributed by atoms with Gasteiger partial charge >= 0.3 is 6.09 Å². The summed E-state index contributed by atoms with van der Waals surface area (Å²) in [5.74, 6) is 0. The standard InChI is InChI=1S/C12H26N2O3/c1-11(2,3)17-10(16)14(6)12(4,5)9-13-7-8-15/h13,15H,7-9H2,1-6H3. The van der Waals surface area contributed by atoms with Crippen molar-refractivity contribution in [1.29, 1.82) is 0 Å². The molecule has 0 aromatic carbocycles. The van der Waals surface area contributed by atoms with Gasteiger partial charge in [-0.15, -0.1) is 0 Å². The summed E-state index contributed by atoms with van der Waals surface area (Å²) in [5.41, 5.74) is -0.850. The summed E-state index contributed by atoms with van der Waals surface area (Å²) in [4.78, 5) is 13.4. The molecule has 0 fully saturated rings. The zero-order chi connectivity index (χ0) is 13.7. The molecule has 0 aliphatic heterocycles. The zero-order valence-electron chi connectivity index (χ0n) is 11.8. The third-order valence-electron chi connectivity index (χ3n) is 2.42. The molecule has 0 radical (unpaired) electrons. The molecule has 0 saturated heterocycles. The van der Waals surface area contributed by atoms with E-state index in [2.05, 4.69) is 5.32 Å². The van der Waals surface area contributed by atoms with Gasteiger partial charge in [0.1, 0.15) is 5.60 Å². The van der Waals surface area contributed by atoms with E-state index < -0.39 is 5.60 Å². The lowest BCUT2D eigenvalue weighted by Crippen LogP contribution is -2.52. The predicted octanol–water partition coefficient (Wildman–Crippen LogP) is 1.21. The summed E-state index contributed by atoms with van der Waals surface area (Å²) in [5, 5.41) is 11.8. The highest BCUT2D eigenvalue weighted by Crippen LogP contribution is 2.16. The summed E-state index contributed by atoms with van der Waals surface area (Å²) in [7, 11) is 1.72. The second-order valence-electron chi connectivity index (χ2n) is 5.75. The summed E-state index contributed by atoms with van der Waals surface area (Å²) >= 11 is 0. The molecule has 0 aromatic rings. The number of nitrogens with one attached hydrogen (secondary N) is 1. The molecule has 1 amide bonds. The number of aliphatic hydroxyl groups is 1. The van der Waals surface area contributed by atoms with Crippen molar-refractivity contribution in [2.45, 2.75) is 45.8 Å². The first-order valence-electron chi connectivity index (χ1n) is 5.88. The third kappa shape index (κ3) is 6.48. The molecule has 0 aromatic heterocycles. The van der Waals surface area contributed by atoms with Crippen LogP contribution in [-0.2, 0) is 4.74 Å². The van der Waals surface area contributed by atoms with Crippen LogP contribution >= 0.6 is 0 Å². The van der Waals surface area contributed by atoms with Crippen molar-refractivity contribution in [2.75, 3.05) is 26.7 Å². The van der Waals surface area contributed by atoms with Crippen LogP contribution in [0.2, 0.25) is 0 Å². The normalized spacial score (nSPS) is 12.4. The lowest BCUT2D eigenvalue weighted by molar-refractivity contribution is 0.0112. The van der Waals surface area contributed by atoms with Crippen LogP contribution in [0, 0.1) is 0 Å². The average Bonchev–Trinajstić information content (AvgIpc) is 2.14. The van der Waals surface area contributed by atoms with E-state index in [0.717, 1.165) is 0 Å². The van der Waals surface area contributed by atoms with Crippen LogP contribution in [0.1, 0.15) is 34.6 Å². The van der Waals surface area contributed by atoms with Gasteiger partial charge in [-0.3, -0.25) is 0 Å². The molecule has 0 spiro atoms. The Kier molecular flexibility index (Phi) is 5.92. The first-order valence-corrected chi connectivity index (χ1v) is 5.88. The second-order valence-corrected chi connectivity index (χ2v) is 5.75. The molecule has 0 bridgehead atoms. The Morgan fingerprint density at radius 3 is 2.24 bits per heavy atom. The van der Waals surface area contributed by atoms with Crippen LogP contribution in [0.3, 0.4) is 0 Å². The third-order valence-corrected chi connectivity index (χ3v) is 2.42. The fourth-order valence-corrected chi connectivity index (χ4v) is 1.17. The maximum Gasteiger partial charge on any atom is 0.410 e. The van der Waals surface area contributed by atoms with E-state index in [0.29, 0.717) is 13.1 Å². The highest BCUT2D eigenvalue weighted by molar-refractivity contribution is 5.68. The Bertz CT molecular complexity index is 247. The van der Waals surface area contributed by atoms with Crippen molar-refractivity contribution in [2.24, 2.45) is 0 Å². The molecule has 17 heavy (non-hydrogen) atoms. The Morgan fingerprint density at radius 1 is 1.29 bits per heavy atom. The molecule has 0 saturated carbocycles. The van der Waals surface area contributed by atoms with Crippen LogP contribution in [0.5, 0.6) is 0 Å². The fraction of sp³-hybridized carbons (Fsp3) is 0.917. The molecule has 0 rings (SSSR count). The maximum atomic E-state index is 11.9. The minimum Gasteiger partial charge on any atom is -0.444 e. The van der Waals surface area contributed by atoms with E-state index in [-0.39, 0.29) is 18.2 Å². The highest BCUT2D eigenvalue weighted by atomic mass is 16.6. The molecule has 5 heteroatoms. The Hall–Kier alpha value is -0.810. The van der Waals surface area contributed by atoms with Crippen LogP contribution in [0.15, 0.2) is 0 Å². The van der Waals surface area contributed by atoms with Crippen molar-refractivity contribution in [3.8, 4) is 0 Å². The Labute approximate surface area is 104 Å². The number of carbonyl (C=O) groups excluding carboxylic acids is 1. The molecule has 0 aliphatic rings. The predicted molar refractivity (Wildman–Crippen MR) is 68.0 cm³/mol. The number of rotatable bonds is 5. The molecule has 2 N–H and O–H groups in total. The molecule has 0 aliphatic carbocycles. The summed E-state index contributed by atoms with van der Waals surface area (Å²) in [6.07, 6.45) is -0.340. The largest absolute Gasteiger partial charge is 0.444 e. The van der Waals surface area contributed by atoms with Crippen LogP contribution in [0.4, 0.5) is 4.79 Å². The highest BCUT2D eigenvalue weighted by Gasteiger charge is 2.30. The number of likely N-dealkylation sites (N-methyl/N-ethyl adjacent to an activating group) is 1. The van der Waals surface area contributed by atoms with Gasteiger partial charge in [0.2, 0.25) is 0 Å². The summed E-state index contributed by atoms with van der Waals surface area (Å²) in [6.45, 7) is 10.6. The average molecular weight is 246 g/mol. The van der Waals surface area contributed by atoms with Crippen molar-refractivity contribution >= 4 is 6.09 Å². The van der Waals surface area contributed by atoms with Gasteiger partial charge < -0.3 is 20.1 Å². The van der Waals surface area contributed by atoms with Crippen molar-refractivity contribution < 1.29 is 14.6 Å². The number of nitrogens with zero attached hydrogens (tertiary/aromatic N) is 1. The van der Waals surface area contributed by atoms with Crippen LogP contribution < -0.4 is 5.32 Å². The van der Waals surface area contributed by atoms with Gasteiger partial charge in [-0.05, 0) is 34.6 Å². The molecule has 102 valence electrons. The molecule has 0 heterocycles. The first-order chi connectivity index (χ1) is 7.60. The molecular formula is C12H26N2O3. The number of hydrogen-bond donors (Lipinski definition) is 2. The van der Waals surface area contributed by atoms with E-state index in [9.17, 15) is 4.79 Å². The SMILES string of the molecule is CN(C(=O)OC(C)(C)C)C(C)(C)CNCCO. The van der Waals surface area contributed by atoms with Gasteiger partial charge in [-0.25, -0.2) is 4.79 Å². The van der Waals surface area contributed by atoms with Crippen LogP contribution in [0.25, 0.3) is 0 Å². The van der Waals surface area contributed by atoms with Crippen LogP contribution in [-0.4, -0.2) is 54.0 Å². The van der Waals surface area contributed by atoms with E-state index in [1.807, 2.05) is 34.6 Å². The number of carbonyl (C=O) groups is 1. The topological polar surface area (TPSA) is 61.8 Å². The minimum absolute atomic E-state index is 0.0895. The summed E-state index contributed by atoms with van der Waals surface area (Å²) < 4.78 is 5.30. The van der Waals surface area contributed by atoms with E-state index in [4.69, 9.17) is 9.84 Å². The van der Waals surface area contributed by atoms with Gasteiger partial charge in [-0.1, -0.05) is 0 Å². The van der Waals surface area contributed by atoms with Gasteiger partial charge in [0.25, 0.3) is 0 Å². The van der Waals surface area contributed by atoms with Gasteiger partial charge in [-0.2, -0.15) is 0 Å². The van der Waals surface area contributed by atoms with Crippen molar-refractivity contribution in [3.63, 3.8) is 0 Å². The number of hydrogen-bond acceptors (Lipinski definition) is 4. The number of ether oxygens (including phenoxy) is 1. The lowest BCUT2D eigenvalue weighted by atomic mass is 10.0. The van der Waals surface area contributed by atoms with Gasteiger partial charge in [0.15, 0.2) is 0 Å². The summed E-state index contributed by atoms with van der Waals surface area (Å²) in [6, 6.07) is 0. The second kappa shape index (κ2) is 6.21. The van der Waals surface area contributed by atoms with Crippen molar-refractivity contribution in [3.05, 3.63) is 0 Å². The monoisotopic (exact) mass is 246 g/mol. The lowest BCUT2D eigenvalue weighted by Gasteiger charge is -2.36. The number of amides is 1. The molecule has 0 unspecified atom stereocenters. The number of aliphatic hydroxyl groups excluding tert-OH is 1. The van der Waals surface area contributed by atoms with Gasteiger partial charge in [0.05, 0.1) is 12.1 Å². The van der Waals surface area contributed by atoms with Crippen molar-refractivity contribution in [1.82, 2.24) is 10.2 Å². The van der Waals surface area contributed by atoms with E-state index in [1.165, 1.54) is 0 Å². The Morgan fingerprint density at radius 2 is 1.82 bits per heavy atom. The maximum absolute atomic E-state index is 11.9. The van der Waals surface area contributed by atoms with E-state index in [1.54, 1.807) is 11.9 Å². The molecule has 0 atom stereocenters. The zero-order valence-corrected chi connectivity index (χ0v) is 11.8. The van der Waals surface area contributed by atoms with E-state index >= 15 is 0 Å².